The van der Waals surface area contributed by atoms with Crippen molar-refractivity contribution in [1.82, 2.24) is 14.2 Å². The first kappa shape index (κ1) is 18.9. The highest BCUT2D eigenvalue weighted by molar-refractivity contribution is 5.90. The van der Waals surface area contributed by atoms with Gasteiger partial charge in [0.15, 0.2) is 11.5 Å². The highest BCUT2D eigenvalue weighted by Crippen LogP contribution is 2.35. The number of rotatable bonds is 5. The van der Waals surface area contributed by atoms with E-state index in [1.54, 1.807) is 18.5 Å². The molecule has 4 aromatic rings. The molecule has 8 nitrogen and oxygen atoms in total. The van der Waals surface area contributed by atoms with Crippen LogP contribution in [0.1, 0.15) is 12.5 Å². The molecule has 1 aliphatic heterocycles. The summed E-state index contributed by atoms with van der Waals surface area (Å²) >= 11 is 0. The summed E-state index contributed by atoms with van der Waals surface area (Å²) in [5.74, 6) is 1.06. The van der Waals surface area contributed by atoms with Crippen LogP contribution in [0.3, 0.4) is 0 Å². The molecule has 8 heteroatoms. The van der Waals surface area contributed by atoms with E-state index in [1.165, 1.54) is 14.6 Å². The van der Waals surface area contributed by atoms with Gasteiger partial charge in [-0.15, -0.1) is 0 Å². The second kappa shape index (κ2) is 7.64. The fraction of sp³-hybridized carbons (Fsp3) is 0.174. The SMILES string of the molecule is CCc1ccc(NC(=O)Cn2ccn3nc(-c4ccc5c(c4)OCO5)cc3c2=O)cc1. The standard InChI is InChI=1S/C23H20N4O4/c1-2-15-3-6-17(7-4-15)24-22(28)13-26-9-10-27-19(23(26)29)12-18(25-27)16-5-8-20-21(11-16)31-14-30-20/h3-12H,2,13-14H2,1H3,(H,24,28). The average molecular weight is 416 g/mol. The van der Waals surface area contributed by atoms with Gasteiger partial charge in [0.25, 0.3) is 5.56 Å². The van der Waals surface area contributed by atoms with Crippen molar-refractivity contribution in [3.63, 3.8) is 0 Å². The van der Waals surface area contributed by atoms with Crippen LogP contribution in [0.5, 0.6) is 11.5 Å². The van der Waals surface area contributed by atoms with Gasteiger partial charge in [-0.3, -0.25) is 9.59 Å². The maximum absolute atomic E-state index is 12.9. The highest BCUT2D eigenvalue weighted by atomic mass is 16.7. The predicted molar refractivity (Wildman–Crippen MR) is 115 cm³/mol. The predicted octanol–water partition coefficient (Wildman–Crippen LogP) is 3.09. The first-order valence-electron chi connectivity index (χ1n) is 9.98. The molecule has 1 amide bonds. The van der Waals surface area contributed by atoms with Crippen molar-refractivity contribution in [3.05, 3.63) is 76.8 Å². The van der Waals surface area contributed by atoms with Crippen LogP contribution in [0.2, 0.25) is 0 Å². The lowest BCUT2D eigenvalue weighted by molar-refractivity contribution is -0.116. The molecule has 156 valence electrons. The van der Waals surface area contributed by atoms with Gasteiger partial charge in [-0.25, -0.2) is 4.52 Å². The number of hydrogen-bond donors (Lipinski definition) is 1. The lowest BCUT2D eigenvalue weighted by Gasteiger charge is -2.08. The third kappa shape index (κ3) is 3.63. The molecular weight excluding hydrogens is 396 g/mol. The van der Waals surface area contributed by atoms with E-state index in [0.717, 1.165) is 12.0 Å². The molecule has 3 heterocycles. The smallest absolute Gasteiger partial charge is 0.277 e. The number of amides is 1. The van der Waals surface area contributed by atoms with Crippen LogP contribution in [0.15, 0.2) is 65.7 Å². The van der Waals surface area contributed by atoms with E-state index in [4.69, 9.17) is 9.47 Å². The molecule has 0 unspecified atom stereocenters. The third-order valence-electron chi connectivity index (χ3n) is 5.23. The van der Waals surface area contributed by atoms with E-state index in [-0.39, 0.29) is 24.8 Å². The van der Waals surface area contributed by atoms with Crippen LogP contribution in [0, 0.1) is 0 Å². The van der Waals surface area contributed by atoms with Crippen LogP contribution >= 0.6 is 0 Å². The first-order chi connectivity index (χ1) is 15.1. The van der Waals surface area contributed by atoms with E-state index in [1.807, 2.05) is 42.5 Å². The van der Waals surface area contributed by atoms with E-state index in [9.17, 15) is 9.59 Å². The third-order valence-corrected chi connectivity index (χ3v) is 5.23. The molecule has 2 aromatic heterocycles. The number of nitrogens with one attached hydrogen (secondary N) is 1. The lowest BCUT2D eigenvalue weighted by Crippen LogP contribution is -2.28. The van der Waals surface area contributed by atoms with E-state index in [2.05, 4.69) is 17.3 Å². The molecule has 2 aromatic carbocycles. The summed E-state index contributed by atoms with van der Waals surface area (Å²) in [5.41, 5.74) is 3.43. The highest BCUT2D eigenvalue weighted by Gasteiger charge is 2.16. The molecule has 1 aliphatic rings. The van der Waals surface area contributed by atoms with Crippen molar-refractivity contribution in [1.29, 1.82) is 0 Å². The fourth-order valence-corrected chi connectivity index (χ4v) is 3.53. The van der Waals surface area contributed by atoms with E-state index >= 15 is 0 Å². The van der Waals surface area contributed by atoms with Gasteiger partial charge < -0.3 is 19.4 Å². The molecule has 0 fully saturated rings. The number of carbonyl (C=O) groups is 1. The Bertz CT molecular complexity index is 1340. The number of benzene rings is 2. The Morgan fingerprint density at radius 1 is 1.06 bits per heavy atom. The number of hydrogen-bond acceptors (Lipinski definition) is 5. The summed E-state index contributed by atoms with van der Waals surface area (Å²) in [6.45, 7) is 2.18. The minimum Gasteiger partial charge on any atom is -0.454 e. The number of aryl methyl sites for hydroxylation is 1. The van der Waals surface area contributed by atoms with Crippen molar-refractivity contribution in [2.45, 2.75) is 19.9 Å². The molecule has 0 spiro atoms. The molecular formula is C23H20N4O4. The quantitative estimate of drug-likeness (QED) is 0.540. The molecule has 0 atom stereocenters. The fourth-order valence-electron chi connectivity index (χ4n) is 3.53. The van der Waals surface area contributed by atoms with Gasteiger partial charge in [0.05, 0.1) is 5.69 Å². The summed E-state index contributed by atoms with van der Waals surface area (Å²) in [6, 6.07) is 14.9. The molecule has 0 bridgehead atoms. The molecule has 0 saturated heterocycles. The normalized spacial score (nSPS) is 12.3. The van der Waals surface area contributed by atoms with Gasteiger partial charge in [0.1, 0.15) is 12.1 Å². The molecule has 5 rings (SSSR count). The Morgan fingerprint density at radius 3 is 2.68 bits per heavy atom. The zero-order chi connectivity index (χ0) is 21.4. The summed E-state index contributed by atoms with van der Waals surface area (Å²) in [6.07, 6.45) is 4.16. The van der Waals surface area contributed by atoms with Crippen LogP contribution in [-0.4, -0.2) is 26.9 Å². The summed E-state index contributed by atoms with van der Waals surface area (Å²) < 4.78 is 13.6. The Labute approximate surface area is 177 Å². The topological polar surface area (TPSA) is 86.9 Å². The molecule has 0 radical (unpaired) electrons. The van der Waals surface area contributed by atoms with Gasteiger partial charge in [-0.1, -0.05) is 19.1 Å². The van der Waals surface area contributed by atoms with Crippen molar-refractivity contribution in [2.24, 2.45) is 0 Å². The van der Waals surface area contributed by atoms with Crippen molar-refractivity contribution >= 4 is 17.1 Å². The second-order valence-electron chi connectivity index (χ2n) is 7.26. The average Bonchev–Trinajstić information content (AvgIpc) is 3.43. The molecule has 0 aliphatic carbocycles. The molecule has 1 N–H and O–H groups in total. The summed E-state index contributed by atoms with van der Waals surface area (Å²) in [7, 11) is 0. The van der Waals surface area contributed by atoms with Crippen LogP contribution in [0.25, 0.3) is 16.8 Å². The second-order valence-corrected chi connectivity index (χ2v) is 7.26. The van der Waals surface area contributed by atoms with Gasteiger partial charge in [-0.05, 0) is 48.4 Å². The summed E-state index contributed by atoms with van der Waals surface area (Å²) in [5, 5.41) is 7.31. The summed E-state index contributed by atoms with van der Waals surface area (Å²) in [4.78, 5) is 25.3. The van der Waals surface area contributed by atoms with Gasteiger partial charge in [0, 0.05) is 23.6 Å². The Morgan fingerprint density at radius 2 is 1.87 bits per heavy atom. The van der Waals surface area contributed by atoms with Crippen molar-refractivity contribution in [2.75, 3.05) is 12.1 Å². The minimum absolute atomic E-state index is 0.0879. The van der Waals surface area contributed by atoms with Crippen LogP contribution in [0.4, 0.5) is 5.69 Å². The Kier molecular flexibility index (Phi) is 4.66. The van der Waals surface area contributed by atoms with E-state index in [0.29, 0.717) is 28.4 Å². The number of aromatic nitrogens is 3. The zero-order valence-corrected chi connectivity index (χ0v) is 16.9. The lowest BCUT2D eigenvalue weighted by atomic mass is 10.1. The van der Waals surface area contributed by atoms with Crippen molar-refractivity contribution < 1.29 is 14.3 Å². The largest absolute Gasteiger partial charge is 0.454 e. The van der Waals surface area contributed by atoms with Crippen molar-refractivity contribution in [3.8, 4) is 22.8 Å². The molecule has 31 heavy (non-hydrogen) atoms. The number of fused-ring (bicyclic) bond motifs is 2. The Hall–Kier alpha value is -4.07. The Balaban J connectivity index is 1.38. The number of nitrogens with zero attached hydrogens (tertiary/aromatic N) is 3. The zero-order valence-electron chi connectivity index (χ0n) is 16.9. The maximum atomic E-state index is 12.9. The van der Waals surface area contributed by atoms with Crippen LogP contribution in [-0.2, 0) is 17.8 Å². The minimum atomic E-state index is -0.293. The monoisotopic (exact) mass is 416 g/mol. The van der Waals surface area contributed by atoms with Gasteiger partial charge >= 0.3 is 0 Å². The van der Waals surface area contributed by atoms with Gasteiger partial charge in [0.2, 0.25) is 12.7 Å². The first-order valence-corrected chi connectivity index (χ1v) is 9.98. The molecule has 0 saturated carbocycles. The maximum Gasteiger partial charge on any atom is 0.277 e. The van der Waals surface area contributed by atoms with Gasteiger partial charge in [-0.2, -0.15) is 5.10 Å². The number of anilines is 1. The van der Waals surface area contributed by atoms with E-state index < -0.39 is 0 Å². The number of carbonyl (C=O) groups excluding carboxylic acids is 1. The number of ether oxygens (including phenoxy) is 2. The van der Waals surface area contributed by atoms with Crippen LogP contribution < -0.4 is 20.3 Å².